The minimum Gasteiger partial charge on any atom is -0.352 e. The van der Waals surface area contributed by atoms with Gasteiger partial charge in [-0.25, -0.2) is 0 Å². The van der Waals surface area contributed by atoms with Gasteiger partial charge in [0.05, 0.1) is 6.42 Å². The minimum absolute atomic E-state index is 0.0284. The summed E-state index contributed by atoms with van der Waals surface area (Å²) in [4.78, 5) is 28.8. The van der Waals surface area contributed by atoms with Crippen molar-refractivity contribution in [1.82, 2.24) is 10.2 Å². The Kier molecular flexibility index (Phi) is 9.08. The Bertz CT molecular complexity index is 1020. The number of benzene rings is 3. The lowest BCUT2D eigenvalue weighted by Gasteiger charge is -2.32. The lowest BCUT2D eigenvalue weighted by atomic mass is 10.0. The standard InChI is InChI=1S/C28H31ClN2O2/c1-3-21(2)30-28(33)26(18-22-10-6-4-7-11-22)31(20-24-12-8-5-9-13-24)27(32)19-23-14-16-25(29)17-15-23/h4-17,21,26H,3,18-20H2,1-2H3,(H,30,33)/t21-,26-/m0/s1. The zero-order valence-corrected chi connectivity index (χ0v) is 20.0. The Morgan fingerprint density at radius 1 is 0.848 bits per heavy atom. The van der Waals surface area contributed by atoms with E-state index in [1.54, 1.807) is 17.0 Å². The van der Waals surface area contributed by atoms with E-state index in [-0.39, 0.29) is 24.3 Å². The van der Waals surface area contributed by atoms with Crippen molar-refractivity contribution in [1.29, 1.82) is 0 Å². The topological polar surface area (TPSA) is 49.4 Å². The molecule has 0 aliphatic carbocycles. The monoisotopic (exact) mass is 462 g/mol. The molecule has 4 nitrogen and oxygen atoms in total. The van der Waals surface area contributed by atoms with Crippen LogP contribution in [0.2, 0.25) is 5.02 Å². The molecule has 0 spiro atoms. The largest absolute Gasteiger partial charge is 0.352 e. The highest BCUT2D eigenvalue weighted by Crippen LogP contribution is 2.18. The second-order valence-electron chi connectivity index (χ2n) is 8.33. The van der Waals surface area contributed by atoms with Gasteiger partial charge in [0.15, 0.2) is 0 Å². The first-order valence-corrected chi connectivity index (χ1v) is 11.8. The number of hydrogen-bond acceptors (Lipinski definition) is 2. The predicted octanol–water partition coefficient (Wildman–Crippen LogP) is 5.44. The van der Waals surface area contributed by atoms with Crippen LogP contribution in [0, 0.1) is 0 Å². The maximum atomic E-state index is 13.6. The number of halogens is 1. The molecule has 2 amide bonds. The van der Waals surface area contributed by atoms with Crippen molar-refractivity contribution in [3.05, 3.63) is 107 Å². The van der Waals surface area contributed by atoms with Gasteiger partial charge in [-0.1, -0.05) is 91.3 Å². The maximum Gasteiger partial charge on any atom is 0.243 e. The second-order valence-corrected chi connectivity index (χ2v) is 8.77. The highest BCUT2D eigenvalue weighted by molar-refractivity contribution is 6.30. The summed E-state index contributed by atoms with van der Waals surface area (Å²) in [5, 5.41) is 3.72. The lowest BCUT2D eigenvalue weighted by molar-refractivity contribution is -0.141. The van der Waals surface area contributed by atoms with Gasteiger partial charge in [-0.3, -0.25) is 9.59 Å². The molecule has 172 valence electrons. The number of rotatable bonds is 10. The van der Waals surface area contributed by atoms with Crippen LogP contribution in [-0.2, 0) is 29.0 Å². The Hall–Kier alpha value is -3.11. The summed E-state index contributed by atoms with van der Waals surface area (Å²) >= 11 is 6.01. The van der Waals surface area contributed by atoms with Gasteiger partial charge in [0.1, 0.15) is 6.04 Å². The summed E-state index contributed by atoms with van der Waals surface area (Å²) in [5.74, 6) is -0.227. The maximum absolute atomic E-state index is 13.6. The lowest BCUT2D eigenvalue weighted by Crippen LogP contribution is -2.52. The second kappa shape index (κ2) is 12.2. The zero-order chi connectivity index (χ0) is 23.6. The van der Waals surface area contributed by atoms with Crippen molar-refractivity contribution in [3.63, 3.8) is 0 Å². The average Bonchev–Trinajstić information content (AvgIpc) is 2.83. The van der Waals surface area contributed by atoms with Gasteiger partial charge in [-0.15, -0.1) is 0 Å². The van der Waals surface area contributed by atoms with Gasteiger partial charge in [0.25, 0.3) is 0 Å². The number of nitrogens with one attached hydrogen (secondary N) is 1. The third kappa shape index (κ3) is 7.47. The van der Waals surface area contributed by atoms with E-state index in [0.29, 0.717) is 18.0 Å². The summed E-state index contributed by atoms with van der Waals surface area (Å²) < 4.78 is 0. The molecule has 0 heterocycles. The molecule has 0 fully saturated rings. The van der Waals surface area contributed by atoms with Crippen molar-refractivity contribution in [3.8, 4) is 0 Å². The van der Waals surface area contributed by atoms with Gasteiger partial charge in [0, 0.05) is 24.0 Å². The number of carbonyl (C=O) groups excluding carboxylic acids is 2. The van der Waals surface area contributed by atoms with Crippen LogP contribution >= 0.6 is 11.6 Å². The van der Waals surface area contributed by atoms with Gasteiger partial charge < -0.3 is 10.2 Å². The van der Waals surface area contributed by atoms with E-state index >= 15 is 0 Å². The Morgan fingerprint density at radius 2 is 1.42 bits per heavy atom. The molecular weight excluding hydrogens is 432 g/mol. The highest BCUT2D eigenvalue weighted by Gasteiger charge is 2.30. The van der Waals surface area contributed by atoms with E-state index in [1.165, 1.54) is 0 Å². The van der Waals surface area contributed by atoms with E-state index in [4.69, 9.17) is 11.6 Å². The van der Waals surface area contributed by atoms with Crippen molar-refractivity contribution in [2.75, 3.05) is 0 Å². The quantitative estimate of drug-likeness (QED) is 0.436. The van der Waals surface area contributed by atoms with Crippen molar-refractivity contribution < 1.29 is 9.59 Å². The molecule has 3 aromatic rings. The smallest absolute Gasteiger partial charge is 0.243 e. The fraction of sp³-hybridized carbons (Fsp3) is 0.286. The molecule has 0 aliphatic heterocycles. The van der Waals surface area contributed by atoms with Crippen LogP contribution in [0.25, 0.3) is 0 Å². The molecule has 33 heavy (non-hydrogen) atoms. The zero-order valence-electron chi connectivity index (χ0n) is 19.2. The Labute approximate surface area is 201 Å². The van der Waals surface area contributed by atoms with Gasteiger partial charge in [-0.05, 0) is 42.2 Å². The first-order valence-electron chi connectivity index (χ1n) is 11.4. The average molecular weight is 463 g/mol. The summed E-state index contributed by atoms with van der Waals surface area (Å²) in [6.45, 7) is 4.37. The summed E-state index contributed by atoms with van der Waals surface area (Å²) in [6, 6.07) is 26.3. The molecular formula is C28H31ClN2O2. The highest BCUT2D eigenvalue weighted by atomic mass is 35.5. The summed E-state index contributed by atoms with van der Waals surface area (Å²) in [7, 11) is 0. The molecule has 0 unspecified atom stereocenters. The third-order valence-corrected chi connectivity index (χ3v) is 5.99. The SMILES string of the molecule is CC[C@H](C)NC(=O)[C@H](Cc1ccccc1)N(Cc1ccccc1)C(=O)Cc1ccc(Cl)cc1. The molecule has 2 atom stereocenters. The number of amides is 2. The summed E-state index contributed by atoms with van der Waals surface area (Å²) in [6.07, 6.45) is 1.47. The van der Waals surface area contributed by atoms with E-state index in [2.05, 4.69) is 5.32 Å². The van der Waals surface area contributed by atoms with Gasteiger partial charge >= 0.3 is 0 Å². The van der Waals surface area contributed by atoms with Gasteiger partial charge in [-0.2, -0.15) is 0 Å². The van der Waals surface area contributed by atoms with Crippen molar-refractivity contribution in [2.45, 2.75) is 51.7 Å². The predicted molar refractivity (Wildman–Crippen MR) is 134 cm³/mol. The molecule has 0 aromatic heterocycles. The molecule has 1 N–H and O–H groups in total. The van der Waals surface area contributed by atoms with E-state index < -0.39 is 6.04 Å². The van der Waals surface area contributed by atoms with Crippen LogP contribution in [0.15, 0.2) is 84.9 Å². The van der Waals surface area contributed by atoms with Crippen LogP contribution in [0.3, 0.4) is 0 Å². The summed E-state index contributed by atoms with van der Waals surface area (Å²) in [5.41, 5.74) is 2.86. The molecule has 0 saturated heterocycles. The normalized spacial score (nSPS) is 12.6. The molecule has 0 aliphatic rings. The fourth-order valence-electron chi connectivity index (χ4n) is 3.65. The molecule has 3 rings (SSSR count). The van der Waals surface area contributed by atoms with Crippen LogP contribution in [0.1, 0.15) is 37.0 Å². The van der Waals surface area contributed by atoms with E-state index in [9.17, 15) is 9.59 Å². The molecule has 0 radical (unpaired) electrons. The molecule has 0 saturated carbocycles. The van der Waals surface area contributed by atoms with Crippen LogP contribution in [-0.4, -0.2) is 28.8 Å². The first-order chi connectivity index (χ1) is 16.0. The van der Waals surface area contributed by atoms with E-state index in [0.717, 1.165) is 23.1 Å². The number of hydrogen-bond donors (Lipinski definition) is 1. The molecule has 5 heteroatoms. The third-order valence-electron chi connectivity index (χ3n) is 5.74. The number of carbonyl (C=O) groups is 2. The van der Waals surface area contributed by atoms with Crippen LogP contribution < -0.4 is 5.32 Å². The van der Waals surface area contributed by atoms with Crippen molar-refractivity contribution in [2.24, 2.45) is 0 Å². The van der Waals surface area contributed by atoms with Crippen LogP contribution in [0.5, 0.6) is 0 Å². The fourth-order valence-corrected chi connectivity index (χ4v) is 3.78. The Morgan fingerprint density at radius 3 is 2.00 bits per heavy atom. The van der Waals surface area contributed by atoms with E-state index in [1.807, 2.05) is 86.6 Å². The molecule has 0 bridgehead atoms. The Balaban J connectivity index is 1.94. The van der Waals surface area contributed by atoms with Gasteiger partial charge in [0.2, 0.25) is 11.8 Å². The van der Waals surface area contributed by atoms with Crippen LogP contribution in [0.4, 0.5) is 0 Å². The minimum atomic E-state index is -0.624. The first kappa shape index (κ1) is 24.5. The number of nitrogens with zero attached hydrogens (tertiary/aromatic N) is 1. The molecule has 3 aromatic carbocycles. The van der Waals surface area contributed by atoms with Crippen molar-refractivity contribution >= 4 is 23.4 Å².